The maximum atomic E-state index is 11.8. The van der Waals surface area contributed by atoms with Crippen LogP contribution >= 0.6 is 0 Å². The van der Waals surface area contributed by atoms with E-state index in [1.165, 1.54) is 5.56 Å². The van der Waals surface area contributed by atoms with Gasteiger partial charge in [-0.2, -0.15) is 5.26 Å². The molecular formula is C22H24N2O2. The van der Waals surface area contributed by atoms with Crippen molar-refractivity contribution in [1.29, 1.82) is 5.26 Å². The van der Waals surface area contributed by atoms with Crippen molar-refractivity contribution < 1.29 is 9.53 Å². The van der Waals surface area contributed by atoms with E-state index in [-0.39, 0.29) is 6.09 Å². The largest absolute Gasteiger partial charge is 0.444 e. The first kappa shape index (κ1) is 18.0. The Hall–Kier alpha value is -2.80. The van der Waals surface area contributed by atoms with Crippen LogP contribution in [0.3, 0.4) is 0 Å². The molecule has 134 valence electrons. The predicted molar refractivity (Wildman–Crippen MR) is 102 cm³/mol. The summed E-state index contributed by atoms with van der Waals surface area (Å²) in [6.45, 7) is 6.23. The first-order chi connectivity index (χ1) is 12.4. The zero-order valence-electron chi connectivity index (χ0n) is 15.5. The van der Waals surface area contributed by atoms with Crippen LogP contribution in [0, 0.1) is 17.2 Å². The van der Waals surface area contributed by atoms with Gasteiger partial charge in [0.2, 0.25) is 0 Å². The summed E-state index contributed by atoms with van der Waals surface area (Å²) in [4.78, 5) is 11.8. The van der Waals surface area contributed by atoms with E-state index in [0.29, 0.717) is 23.9 Å². The molecule has 1 aliphatic carbocycles. The summed E-state index contributed by atoms with van der Waals surface area (Å²) in [5.41, 5.74) is 3.75. The SMILES string of the molecule is CC(C)(C)OC(=O)NCC1CC1c1cccc(-c2ccc(C#N)cc2)c1. The number of nitrogens with zero attached hydrogens (tertiary/aromatic N) is 1. The predicted octanol–water partition coefficient (Wildman–Crippen LogP) is 4.85. The zero-order valence-corrected chi connectivity index (χ0v) is 15.5. The molecule has 0 heterocycles. The number of alkyl carbamates (subject to hydrolysis) is 1. The number of hydrogen-bond acceptors (Lipinski definition) is 3. The quantitative estimate of drug-likeness (QED) is 0.859. The lowest BCUT2D eigenvalue weighted by atomic mass is 9.99. The second-order valence-electron chi connectivity index (χ2n) is 7.80. The molecule has 2 unspecified atom stereocenters. The van der Waals surface area contributed by atoms with Crippen molar-refractivity contribution in [3.63, 3.8) is 0 Å². The fourth-order valence-corrected chi connectivity index (χ4v) is 3.10. The normalized spacial score (nSPS) is 18.7. The van der Waals surface area contributed by atoms with Crippen LogP contribution in [-0.2, 0) is 4.74 Å². The zero-order chi connectivity index (χ0) is 18.7. The van der Waals surface area contributed by atoms with Gasteiger partial charge in [0.1, 0.15) is 5.60 Å². The molecule has 2 aromatic rings. The maximum absolute atomic E-state index is 11.8. The molecule has 0 aromatic heterocycles. The van der Waals surface area contributed by atoms with Crippen LogP contribution in [0.5, 0.6) is 0 Å². The smallest absolute Gasteiger partial charge is 0.407 e. The van der Waals surface area contributed by atoms with E-state index in [4.69, 9.17) is 10.00 Å². The Morgan fingerprint density at radius 2 is 1.92 bits per heavy atom. The molecule has 1 aliphatic rings. The van der Waals surface area contributed by atoms with Crippen molar-refractivity contribution in [2.24, 2.45) is 5.92 Å². The summed E-state index contributed by atoms with van der Waals surface area (Å²) in [6.07, 6.45) is 0.724. The monoisotopic (exact) mass is 348 g/mol. The van der Waals surface area contributed by atoms with Crippen LogP contribution < -0.4 is 5.32 Å². The molecule has 1 fully saturated rings. The van der Waals surface area contributed by atoms with E-state index in [1.54, 1.807) is 0 Å². The molecule has 1 amide bonds. The molecule has 2 aromatic carbocycles. The Morgan fingerprint density at radius 3 is 2.58 bits per heavy atom. The maximum Gasteiger partial charge on any atom is 0.407 e. The Morgan fingerprint density at radius 1 is 1.19 bits per heavy atom. The van der Waals surface area contributed by atoms with E-state index in [1.807, 2.05) is 45.0 Å². The number of amides is 1. The van der Waals surface area contributed by atoms with Gasteiger partial charge in [-0.3, -0.25) is 0 Å². The highest BCUT2D eigenvalue weighted by atomic mass is 16.6. The molecule has 0 radical (unpaired) electrons. The van der Waals surface area contributed by atoms with Gasteiger partial charge in [-0.25, -0.2) is 4.79 Å². The van der Waals surface area contributed by atoms with Gasteiger partial charge < -0.3 is 10.1 Å². The summed E-state index contributed by atoms with van der Waals surface area (Å²) in [6, 6.07) is 18.3. The summed E-state index contributed by atoms with van der Waals surface area (Å²) < 4.78 is 5.28. The lowest BCUT2D eigenvalue weighted by Crippen LogP contribution is -2.33. The fraction of sp³-hybridized carbons (Fsp3) is 0.364. The van der Waals surface area contributed by atoms with E-state index in [9.17, 15) is 4.79 Å². The minimum absolute atomic E-state index is 0.352. The van der Waals surface area contributed by atoms with Gasteiger partial charge in [-0.1, -0.05) is 36.4 Å². The molecule has 1 saturated carbocycles. The standard InChI is InChI=1S/C22H24N2O2/c1-22(2,3)26-21(25)24-14-19-12-20(19)18-6-4-5-17(11-18)16-9-7-15(13-23)8-10-16/h4-11,19-20H,12,14H2,1-3H3,(H,24,25). The van der Waals surface area contributed by atoms with Crippen molar-refractivity contribution in [3.8, 4) is 17.2 Å². The molecule has 0 spiro atoms. The molecular weight excluding hydrogens is 324 g/mol. The summed E-state index contributed by atoms with van der Waals surface area (Å²) in [7, 11) is 0. The van der Waals surface area contributed by atoms with Gasteiger partial charge in [-0.15, -0.1) is 0 Å². The van der Waals surface area contributed by atoms with E-state index in [2.05, 4.69) is 35.7 Å². The van der Waals surface area contributed by atoms with Gasteiger partial charge in [0.15, 0.2) is 0 Å². The van der Waals surface area contributed by atoms with Gasteiger partial charge >= 0.3 is 6.09 Å². The summed E-state index contributed by atoms with van der Waals surface area (Å²) >= 11 is 0. The summed E-state index contributed by atoms with van der Waals surface area (Å²) in [5.74, 6) is 0.932. The highest BCUT2D eigenvalue weighted by Crippen LogP contribution is 2.47. The average Bonchev–Trinajstić information content (AvgIpc) is 3.38. The highest BCUT2D eigenvalue weighted by Gasteiger charge is 2.38. The van der Waals surface area contributed by atoms with E-state index < -0.39 is 5.60 Å². The van der Waals surface area contributed by atoms with E-state index in [0.717, 1.165) is 17.5 Å². The van der Waals surface area contributed by atoms with Crippen molar-refractivity contribution in [3.05, 3.63) is 59.7 Å². The first-order valence-electron chi connectivity index (χ1n) is 8.93. The second-order valence-corrected chi connectivity index (χ2v) is 7.80. The lowest BCUT2D eigenvalue weighted by molar-refractivity contribution is 0.0525. The van der Waals surface area contributed by atoms with Gasteiger partial charge in [-0.05, 0) is 67.9 Å². The number of rotatable bonds is 4. The minimum atomic E-state index is -0.470. The molecule has 0 aliphatic heterocycles. The average molecular weight is 348 g/mol. The Bertz CT molecular complexity index is 828. The van der Waals surface area contributed by atoms with Crippen molar-refractivity contribution in [2.75, 3.05) is 6.54 Å². The fourth-order valence-electron chi connectivity index (χ4n) is 3.10. The molecule has 26 heavy (non-hydrogen) atoms. The van der Waals surface area contributed by atoms with Crippen LogP contribution in [0.25, 0.3) is 11.1 Å². The van der Waals surface area contributed by atoms with Crippen molar-refractivity contribution in [2.45, 2.75) is 38.7 Å². The van der Waals surface area contributed by atoms with Crippen LogP contribution in [-0.4, -0.2) is 18.2 Å². The van der Waals surface area contributed by atoms with Gasteiger partial charge in [0, 0.05) is 6.54 Å². The topological polar surface area (TPSA) is 62.1 Å². The van der Waals surface area contributed by atoms with Crippen molar-refractivity contribution in [1.82, 2.24) is 5.32 Å². The molecule has 0 saturated heterocycles. The van der Waals surface area contributed by atoms with E-state index >= 15 is 0 Å². The molecule has 1 N–H and O–H groups in total. The molecule has 2 atom stereocenters. The van der Waals surface area contributed by atoms with Gasteiger partial charge in [0.25, 0.3) is 0 Å². The first-order valence-corrected chi connectivity index (χ1v) is 8.93. The Labute approximate surface area is 154 Å². The highest BCUT2D eigenvalue weighted by molar-refractivity contribution is 5.68. The molecule has 4 heteroatoms. The minimum Gasteiger partial charge on any atom is -0.444 e. The van der Waals surface area contributed by atoms with Gasteiger partial charge in [0.05, 0.1) is 11.6 Å². The lowest BCUT2D eigenvalue weighted by Gasteiger charge is -2.19. The Balaban J connectivity index is 1.59. The summed E-state index contributed by atoms with van der Waals surface area (Å²) in [5, 5.41) is 11.8. The third-order valence-electron chi connectivity index (χ3n) is 4.49. The third kappa shape index (κ3) is 4.64. The van der Waals surface area contributed by atoms with Crippen LogP contribution in [0.4, 0.5) is 4.79 Å². The number of benzene rings is 2. The second kappa shape index (κ2) is 7.21. The number of carbonyl (C=O) groups excluding carboxylic acids is 1. The van der Waals surface area contributed by atoms with Crippen LogP contribution in [0.2, 0.25) is 0 Å². The molecule has 4 nitrogen and oxygen atoms in total. The third-order valence-corrected chi connectivity index (χ3v) is 4.49. The number of ether oxygens (including phenoxy) is 1. The van der Waals surface area contributed by atoms with Crippen molar-refractivity contribution >= 4 is 6.09 Å². The van der Waals surface area contributed by atoms with Crippen LogP contribution in [0.1, 0.15) is 44.2 Å². The number of nitrogens with one attached hydrogen (secondary N) is 1. The molecule has 0 bridgehead atoms. The number of nitriles is 1. The number of hydrogen-bond donors (Lipinski definition) is 1. The molecule has 3 rings (SSSR count). The van der Waals surface area contributed by atoms with Crippen LogP contribution in [0.15, 0.2) is 48.5 Å². The number of carbonyl (C=O) groups is 1. The Kier molecular flexibility index (Phi) is 4.99.